The van der Waals surface area contributed by atoms with E-state index in [9.17, 15) is 18.4 Å². The van der Waals surface area contributed by atoms with Crippen molar-refractivity contribution in [2.75, 3.05) is 5.32 Å². The van der Waals surface area contributed by atoms with Gasteiger partial charge in [-0.2, -0.15) is 5.10 Å². The number of carbonyl (C=O) groups is 1. The van der Waals surface area contributed by atoms with Gasteiger partial charge in [0.2, 0.25) is 5.91 Å². The molecule has 3 aromatic rings. The van der Waals surface area contributed by atoms with Crippen LogP contribution in [0.5, 0.6) is 0 Å². The maximum atomic E-state index is 13.7. The number of nitrogens with one attached hydrogen (secondary N) is 1. The van der Waals surface area contributed by atoms with Crippen molar-refractivity contribution in [3.63, 3.8) is 0 Å². The molecular formula is C18H17F2N5O2. The number of carbonyl (C=O) groups excluding carboxylic acids is 1. The first-order valence-corrected chi connectivity index (χ1v) is 8.15. The fraction of sp³-hybridized carbons (Fsp3) is 0.222. The second-order valence-corrected chi connectivity index (χ2v) is 6.10. The molecule has 2 aromatic heterocycles. The quantitative estimate of drug-likeness (QED) is 0.762. The normalized spacial score (nSPS) is 12.0. The van der Waals surface area contributed by atoms with Gasteiger partial charge in [-0.3, -0.25) is 9.59 Å². The second kappa shape index (κ2) is 7.10. The Labute approximate surface area is 153 Å². The van der Waals surface area contributed by atoms with E-state index >= 15 is 0 Å². The summed E-state index contributed by atoms with van der Waals surface area (Å²) in [6.45, 7) is 5.12. The lowest BCUT2D eigenvalue weighted by Gasteiger charge is -2.15. The third-order valence-corrected chi connectivity index (χ3v) is 3.97. The molecule has 1 amide bonds. The average Bonchev–Trinajstić information content (AvgIpc) is 2.95. The van der Waals surface area contributed by atoms with Crippen molar-refractivity contribution < 1.29 is 13.6 Å². The fourth-order valence-corrected chi connectivity index (χ4v) is 2.61. The molecule has 0 spiro atoms. The van der Waals surface area contributed by atoms with Gasteiger partial charge in [0.15, 0.2) is 5.82 Å². The molecule has 0 aliphatic heterocycles. The van der Waals surface area contributed by atoms with Gasteiger partial charge in [0, 0.05) is 17.8 Å². The van der Waals surface area contributed by atoms with Crippen molar-refractivity contribution in [2.45, 2.75) is 26.8 Å². The van der Waals surface area contributed by atoms with Crippen molar-refractivity contribution in [2.24, 2.45) is 0 Å². The van der Waals surface area contributed by atoms with Gasteiger partial charge >= 0.3 is 0 Å². The van der Waals surface area contributed by atoms with Crippen molar-refractivity contribution >= 4 is 11.6 Å². The first kappa shape index (κ1) is 18.4. The third-order valence-electron chi connectivity index (χ3n) is 3.97. The number of anilines is 1. The molecule has 3 rings (SSSR count). The van der Waals surface area contributed by atoms with E-state index in [1.807, 2.05) is 19.9 Å². The van der Waals surface area contributed by atoms with Crippen molar-refractivity contribution in [1.29, 1.82) is 0 Å². The van der Waals surface area contributed by atoms with E-state index in [-0.39, 0.29) is 5.69 Å². The summed E-state index contributed by atoms with van der Waals surface area (Å²) in [6, 6.07) is 6.40. The van der Waals surface area contributed by atoms with Crippen LogP contribution < -0.4 is 10.9 Å². The average molecular weight is 373 g/mol. The number of hydrogen-bond donors (Lipinski definition) is 1. The van der Waals surface area contributed by atoms with E-state index in [2.05, 4.69) is 15.5 Å². The molecule has 0 saturated heterocycles. The van der Waals surface area contributed by atoms with Crippen molar-refractivity contribution in [3.05, 3.63) is 69.8 Å². The Morgan fingerprint density at radius 1 is 1.11 bits per heavy atom. The van der Waals surface area contributed by atoms with E-state index in [0.717, 1.165) is 28.2 Å². The zero-order valence-corrected chi connectivity index (χ0v) is 14.9. The molecule has 0 saturated carbocycles. The Morgan fingerprint density at radius 3 is 2.48 bits per heavy atom. The molecular weight excluding hydrogens is 356 g/mol. The van der Waals surface area contributed by atoms with Gasteiger partial charge in [0.1, 0.15) is 17.7 Å². The molecule has 0 aliphatic rings. The number of halogens is 2. The first-order chi connectivity index (χ1) is 12.8. The molecule has 0 radical (unpaired) electrons. The topological polar surface area (TPSA) is 81.8 Å². The number of aryl methyl sites for hydroxylation is 2. The molecule has 140 valence electrons. The Bertz CT molecular complexity index is 1070. The van der Waals surface area contributed by atoms with Crippen LogP contribution in [0.2, 0.25) is 0 Å². The van der Waals surface area contributed by atoms with Crippen molar-refractivity contribution in [1.82, 2.24) is 19.6 Å². The van der Waals surface area contributed by atoms with Crippen LogP contribution >= 0.6 is 0 Å². The lowest BCUT2D eigenvalue weighted by atomic mass is 10.2. The van der Waals surface area contributed by atoms with Gasteiger partial charge in [0.25, 0.3) is 5.56 Å². The van der Waals surface area contributed by atoms with Gasteiger partial charge < -0.3 is 5.32 Å². The van der Waals surface area contributed by atoms with Crippen LogP contribution in [0.3, 0.4) is 0 Å². The largest absolute Gasteiger partial charge is 0.322 e. The van der Waals surface area contributed by atoms with Crippen LogP contribution in [0.25, 0.3) is 5.82 Å². The highest BCUT2D eigenvalue weighted by Crippen LogP contribution is 2.17. The maximum absolute atomic E-state index is 13.7. The van der Waals surface area contributed by atoms with Gasteiger partial charge in [-0.15, -0.1) is 5.10 Å². The third kappa shape index (κ3) is 3.76. The van der Waals surface area contributed by atoms with E-state index in [0.29, 0.717) is 11.9 Å². The minimum Gasteiger partial charge on any atom is -0.322 e. The number of benzene rings is 1. The van der Waals surface area contributed by atoms with Gasteiger partial charge in [-0.25, -0.2) is 18.1 Å². The molecule has 1 atom stereocenters. The first-order valence-electron chi connectivity index (χ1n) is 8.15. The molecule has 1 unspecified atom stereocenters. The SMILES string of the molecule is Cc1cc(C)n(-c2ccc(=O)n(C(C)C(=O)Nc3ccc(F)cc3F)n2)n1. The van der Waals surface area contributed by atoms with E-state index < -0.39 is 29.1 Å². The number of aromatic nitrogens is 4. The summed E-state index contributed by atoms with van der Waals surface area (Å²) in [5.74, 6) is -1.96. The lowest BCUT2D eigenvalue weighted by molar-refractivity contribution is -0.119. The predicted octanol–water partition coefficient (Wildman–Crippen LogP) is 2.52. The fourth-order valence-electron chi connectivity index (χ4n) is 2.61. The molecule has 0 aliphatic carbocycles. The number of amides is 1. The molecule has 7 nitrogen and oxygen atoms in total. The molecule has 27 heavy (non-hydrogen) atoms. The lowest BCUT2D eigenvalue weighted by Crippen LogP contribution is -2.34. The summed E-state index contributed by atoms with van der Waals surface area (Å²) >= 11 is 0. The molecule has 2 heterocycles. The summed E-state index contributed by atoms with van der Waals surface area (Å²) in [5.41, 5.74) is 0.916. The highest BCUT2D eigenvalue weighted by Gasteiger charge is 2.20. The van der Waals surface area contributed by atoms with Crippen LogP contribution in [0.15, 0.2) is 41.2 Å². The van der Waals surface area contributed by atoms with Crippen LogP contribution in [0.1, 0.15) is 24.4 Å². The van der Waals surface area contributed by atoms with E-state index in [1.165, 1.54) is 19.1 Å². The van der Waals surface area contributed by atoms with Crippen LogP contribution in [-0.2, 0) is 4.79 Å². The molecule has 9 heteroatoms. The second-order valence-electron chi connectivity index (χ2n) is 6.10. The summed E-state index contributed by atoms with van der Waals surface area (Å²) in [5, 5.41) is 10.8. The number of hydrogen-bond acceptors (Lipinski definition) is 4. The van der Waals surface area contributed by atoms with Gasteiger partial charge in [-0.1, -0.05) is 0 Å². The van der Waals surface area contributed by atoms with Crippen LogP contribution in [0, 0.1) is 25.5 Å². The summed E-state index contributed by atoms with van der Waals surface area (Å²) < 4.78 is 29.3. The zero-order chi connectivity index (χ0) is 19.7. The minimum absolute atomic E-state index is 0.184. The number of rotatable bonds is 4. The Kier molecular flexibility index (Phi) is 4.85. The molecule has 0 bridgehead atoms. The monoisotopic (exact) mass is 373 g/mol. The smallest absolute Gasteiger partial charge is 0.267 e. The zero-order valence-electron chi connectivity index (χ0n) is 14.9. The highest BCUT2D eigenvalue weighted by atomic mass is 19.1. The standard InChI is InChI=1S/C18H17F2N5O2/c1-10-8-11(2)24(22-10)16-6-7-17(26)25(23-16)12(3)18(27)21-15-5-4-13(19)9-14(15)20/h4-9,12H,1-3H3,(H,21,27). The van der Waals surface area contributed by atoms with E-state index in [1.54, 1.807) is 4.68 Å². The Morgan fingerprint density at radius 2 is 1.85 bits per heavy atom. The summed E-state index contributed by atoms with van der Waals surface area (Å²) in [7, 11) is 0. The minimum atomic E-state index is -1.03. The van der Waals surface area contributed by atoms with Crippen LogP contribution in [0.4, 0.5) is 14.5 Å². The predicted molar refractivity (Wildman–Crippen MR) is 94.8 cm³/mol. The van der Waals surface area contributed by atoms with E-state index in [4.69, 9.17) is 0 Å². The molecule has 1 aromatic carbocycles. The summed E-state index contributed by atoms with van der Waals surface area (Å²) in [4.78, 5) is 24.6. The summed E-state index contributed by atoms with van der Waals surface area (Å²) in [6.07, 6.45) is 0. The molecule has 0 fully saturated rings. The van der Waals surface area contributed by atoms with Crippen molar-refractivity contribution in [3.8, 4) is 5.82 Å². The number of nitrogens with zero attached hydrogens (tertiary/aromatic N) is 4. The maximum Gasteiger partial charge on any atom is 0.267 e. The highest BCUT2D eigenvalue weighted by molar-refractivity contribution is 5.93. The molecule has 1 N–H and O–H groups in total. The van der Waals surface area contributed by atoms with Crippen LogP contribution in [-0.4, -0.2) is 25.5 Å². The Balaban J connectivity index is 1.90. The van der Waals surface area contributed by atoms with Gasteiger partial charge in [-0.05, 0) is 45.0 Å². The Hall–Kier alpha value is -3.36. The van der Waals surface area contributed by atoms with Gasteiger partial charge in [0.05, 0.1) is 11.4 Å².